The maximum atomic E-state index is 9.49. The summed E-state index contributed by atoms with van der Waals surface area (Å²) in [5.74, 6) is 0. The predicted molar refractivity (Wildman–Crippen MR) is 53.2 cm³/mol. The van der Waals surface area contributed by atoms with Crippen molar-refractivity contribution in [3.8, 4) is 0 Å². The van der Waals surface area contributed by atoms with Crippen LogP contribution in [-0.4, -0.2) is 22.8 Å². The van der Waals surface area contributed by atoms with Gasteiger partial charge < -0.3 is 9.84 Å². The highest BCUT2D eigenvalue weighted by molar-refractivity contribution is 6.31. The highest BCUT2D eigenvalue weighted by Gasteiger charge is 2.23. The monoisotopic (exact) mass is 213 g/mol. The van der Waals surface area contributed by atoms with Crippen molar-refractivity contribution in [2.24, 2.45) is 0 Å². The van der Waals surface area contributed by atoms with Crippen LogP contribution in [0, 0.1) is 0 Å². The first-order valence-corrected chi connectivity index (χ1v) is 5.04. The van der Waals surface area contributed by atoms with Gasteiger partial charge in [-0.15, -0.1) is 0 Å². The first-order valence-electron chi connectivity index (χ1n) is 4.66. The molecule has 1 aromatic rings. The first kappa shape index (κ1) is 9.90. The van der Waals surface area contributed by atoms with Crippen LogP contribution in [0.25, 0.3) is 0 Å². The summed E-state index contributed by atoms with van der Waals surface area (Å²) in [5.41, 5.74) is 0.917. The van der Waals surface area contributed by atoms with E-state index in [-0.39, 0.29) is 12.2 Å². The minimum atomic E-state index is -0.280. The van der Waals surface area contributed by atoms with Gasteiger partial charge in [-0.05, 0) is 12.5 Å². The standard InChI is InChI=1S/C10H12ClNO2/c11-9-6-12-3-1-8(9)10-5-7(13)2-4-14-10/h1,3,6-7,10,13H,2,4-5H2. The van der Waals surface area contributed by atoms with E-state index in [1.54, 1.807) is 12.4 Å². The van der Waals surface area contributed by atoms with Gasteiger partial charge in [-0.1, -0.05) is 11.6 Å². The summed E-state index contributed by atoms with van der Waals surface area (Å²) in [6.45, 7) is 0.588. The summed E-state index contributed by atoms with van der Waals surface area (Å²) in [6, 6.07) is 1.84. The van der Waals surface area contributed by atoms with Crippen molar-refractivity contribution >= 4 is 11.6 Å². The second kappa shape index (κ2) is 4.26. The zero-order chi connectivity index (χ0) is 9.97. The number of ether oxygens (including phenoxy) is 1. The van der Waals surface area contributed by atoms with E-state index in [2.05, 4.69) is 4.98 Å². The lowest BCUT2D eigenvalue weighted by atomic mass is 10.0. The van der Waals surface area contributed by atoms with Gasteiger partial charge in [0.05, 0.1) is 17.2 Å². The van der Waals surface area contributed by atoms with Crippen molar-refractivity contribution in [1.29, 1.82) is 0 Å². The van der Waals surface area contributed by atoms with Crippen LogP contribution in [0.1, 0.15) is 24.5 Å². The first-order chi connectivity index (χ1) is 6.77. The highest BCUT2D eigenvalue weighted by atomic mass is 35.5. The number of rotatable bonds is 1. The molecule has 4 heteroatoms. The van der Waals surface area contributed by atoms with Crippen LogP contribution in [0.3, 0.4) is 0 Å². The molecular weight excluding hydrogens is 202 g/mol. The Bertz CT molecular complexity index is 319. The fraction of sp³-hybridized carbons (Fsp3) is 0.500. The molecule has 0 spiro atoms. The summed E-state index contributed by atoms with van der Waals surface area (Å²) in [5, 5.41) is 10.1. The van der Waals surface area contributed by atoms with E-state index in [1.165, 1.54) is 0 Å². The van der Waals surface area contributed by atoms with Gasteiger partial charge in [-0.3, -0.25) is 4.98 Å². The summed E-state index contributed by atoms with van der Waals surface area (Å²) in [6.07, 6.45) is 4.24. The smallest absolute Gasteiger partial charge is 0.0865 e. The Balaban J connectivity index is 2.18. The van der Waals surface area contributed by atoms with Crippen molar-refractivity contribution in [1.82, 2.24) is 4.98 Å². The molecular formula is C10H12ClNO2. The lowest BCUT2D eigenvalue weighted by Gasteiger charge is -2.27. The molecule has 0 aromatic carbocycles. The van der Waals surface area contributed by atoms with E-state index in [0.717, 1.165) is 5.56 Å². The molecule has 0 amide bonds. The van der Waals surface area contributed by atoms with Crippen LogP contribution < -0.4 is 0 Å². The van der Waals surface area contributed by atoms with Crippen molar-refractivity contribution < 1.29 is 9.84 Å². The van der Waals surface area contributed by atoms with Gasteiger partial charge in [0, 0.05) is 31.0 Å². The predicted octanol–water partition coefficient (Wildman–Crippen LogP) is 1.95. The van der Waals surface area contributed by atoms with E-state index in [0.29, 0.717) is 24.5 Å². The van der Waals surface area contributed by atoms with E-state index in [9.17, 15) is 5.11 Å². The van der Waals surface area contributed by atoms with E-state index in [1.807, 2.05) is 6.07 Å². The molecule has 0 bridgehead atoms. The number of hydrogen-bond donors (Lipinski definition) is 1. The number of pyridine rings is 1. The van der Waals surface area contributed by atoms with Crippen LogP contribution in [0.5, 0.6) is 0 Å². The molecule has 2 heterocycles. The molecule has 76 valence electrons. The molecule has 1 saturated heterocycles. The Morgan fingerprint density at radius 2 is 2.43 bits per heavy atom. The number of hydrogen-bond acceptors (Lipinski definition) is 3. The van der Waals surface area contributed by atoms with Crippen LogP contribution in [0.2, 0.25) is 5.02 Å². The zero-order valence-corrected chi connectivity index (χ0v) is 8.44. The largest absolute Gasteiger partial charge is 0.393 e. The van der Waals surface area contributed by atoms with Crippen LogP contribution in [-0.2, 0) is 4.74 Å². The molecule has 2 atom stereocenters. The van der Waals surface area contributed by atoms with Crippen molar-refractivity contribution in [3.63, 3.8) is 0 Å². The molecule has 1 N–H and O–H groups in total. The van der Waals surface area contributed by atoms with Crippen LogP contribution in [0.15, 0.2) is 18.5 Å². The Morgan fingerprint density at radius 3 is 3.14 bits per heavy atom. The molecule has 1 aliphatic heterocycles. The third-order valence-corrected chi connectivity index (χ3v) is 2.72. The third kappa shape index (κ3) is 2.05. The van der Waals surface area contributed by atoms with Gasteiger partial charge in [0.15, 0.2) is 0 Å². The van der Waals surface area contributed by atoms with E-state index in [4.69, 9.17) is 16.3 Å². The summed E-state index contributed by atoms with van der Waals surface area (Å²) < 4.78 is 5.54. The minimum absolute atomic E-state index is 0.0887. The lowest BCUT2D eigenvalue weighted by molar-refractivity contribution is -0.0447. The fourth-order valence-electron chi connectivity index (χ4n) is 1.64. The van der Waals surface area contributed by atoms with E-state index < -0.39 is 0 Å². The van der Waals surface area contributed by atoms with Crippen LogP contribution in [0.4, 0.5) is 0 Å². The number of halogens is 1. The number of aliphatic hydroxyl groups is 1. The Hall–Kier alpha value is -0.640. The molecule has 0 radical (unpaired) electrons. The number of aliphatic hydroxyl groups excluding tert-OH is 1. The SMILES string of the molecule is OC1CCOC(c2ccncc2Cl)C1. The minimum Gasteiger partial charge on any atom is -0.393 e. The normalized spacial score (nSPS) is 27.6. The molecule has 2 rings (SSSR count). The molecule has 1 aromatic heterocycles. The van der Waals surface area contributed by atoms with Gasteiger partial charge in [0.2, 0.25) is 0 Å². The maximum absolute atomic E-state index is 9.49. The Morgan fingerprint density at radius 1 is 1.57 bits per heavy atom. The topological polar surface area (TPSA) is 42.4 Å². The Labute approximate surface area is 87.7 Å². The molecule has 14 heavy (non-hydrogen) atoms. The molecule has 1 fully saturated rings. The van der Waals surface area contributed by atoms with Gasteiger partial charge in [0.1, 0.15) is 0 Å². The molecule has 0 aliphatic carbocycles. The average molecular weight is 214 g/mol. The maximum Gasteiger partial charge on any atom is 0.0865 e. The van der Waals surface area contributed by atoms with Crippen molar-refractivity contribution in [3.05, 3.63) is 29.0 Å². The molecule has 0 saturated carbocycles. The Kier molecular flexibility index (Phi) is 3.01. The third-order valence-electron chi connectivity index (χ3n) is 2.41. The molecule has 1 aliphatic rings. The average Bonchev–Trinajstić information content (AvgIpc) is 2.18. The lowest BCUT2D eigenvalue weighted by Crippen LogP contribution is -2.23. The van der Waals surface area contributed by atoms with Crippen molar-refractivity contribution in [2.45, 2.75) is 25.0 Å². The number of nitrogens with zero attached hydrogens (tertiary/aromatic N) is 1. The zero-order valence-electron chi connectivity index (χ0n) is 7.69. The highest BCUT2D eigenvalue weighted by Crippen LogP contribution is 2.31. The quantitative estimate of drug-likeness (QED) is 0.776. The van der Waals surface area contributed by atoms with Gasteiger partial charge in [-0.2, -0.15) is 0 Å². The molecule has 2 unspecified atom stereocenters. The summed E-state index contributed by atoms with van der Waals surface area (Å²) in [7, 11) is 0. The fourth-order valence-corrected chi connectivity index (χ4v) is 1.88. The second-order valence-corrected chi connectivity index (χ2v) is 3.84. The van der Waals surface area contributed by atoms with Crippen LogP contribution >= 0.6 is 11.6 Å². The second-order valence-electron chi connectivity index (χ2n) is 3.43. The molecule has 3 nitrogen and oxygen atoms in total. The number of aromatic nitrogens is 1. The van der Waals surface area contributed by atoms with Gasteiger partial charge >= 0.3 is 0 Å². The van der Waals surface area contributed by atoms with Gasteiger partial charge in [-0.25, -0.2) is 0 Å². The van der Waals surface area contributed by atoms with E-state index >= 15 is 0 Å². The van der Waals surface area contributed by atoms with Crippen molar-refractivity contribution in [2.75, 3.05) is 6.61 Å². The summed E-state index contributed by atoms with van der Waals surface area (Å²) in [4.78, 5) is 3.91. The summed E-state index contributed by atoms with van der Waals surface area (Å²) >= 11 is 5.98. The van der Waals surface area contributed by atoms with Gasteiger partial charge in [0.25, 0.3) is 0 Å².